The van der Waals surface area contributed by atoms with Crippen molar-refractivity contribution in [3.05, 3.63) is 24.2 Å². The first-order valence-electron chi connectivity index (χ1n) is 6.60. The molecule has 1 aliphatic heterocycles. The van der Waals surface area contributed by atoms with Crippen LogP contribution in [0.3, 0.4) is 0 Å². The van der Waals surface area contributed by atoms with Gasteiger partial charge in [0.2, 0.25) is 5.91 Å². The zero-order valence-electron chi connectivity index (χ0n) is 11.5. The molecule has 7 nitrogen and oxygen atoms in total. The molecule has 0 aliphatic carbocycles. The molecule has 1 saturated heterocycles. The van der Waals surface area contributed by atoms with Crippen molar-refractivity contribution in [2.45, 2.75) is 6.04 Å². The molecule has 1 aromatic rings. The number of piperazine rings is 1. The van der Waals surface area contributed by atoms with Crippen LogP contribution in [-0.2, 0) is 4.79 Å². The summed E-state index contributed by atoms with van der Waals surface area (Å²) in [5, 5.41) is 2.32. The van der Waals surface area contributed by atoms with Gasteiger partial charge in [0.25, 0.3) is 5.91 Å². The first-order valence-corrected chi connectivity index (χ1v) is 6.60. The highest BCUT2D eigenvalue weighted by Gasteiger charge is 2.26. The minimum atomic E-state index is -0.515. The second kappa shape index (κ2) is 6.65. The van der Waals surface area contributed by atoms with Gasteiger partial charge < -0.3 is 15.1 Å². The topological polar surface area (TPSA) is 91.8 Å². The lowest BCUT2D eigenvalue weighted by molar-refractivity contribution is -0.122. The summed E-state index contributed by atoms with van der Waals surface area (Å²) in [6.45, 7) is 3.14. The lowest BCUT2D eigenvalue weighted by atomic mass is 10.1. The van der Waals surface area contributed by atoms with E-state index >= 15 is 0 Å². The number of hydrogen-bond acceptors (Lipinski definition) is 6. The molecule has 3 N–H and O–H groups in total. The summed E-state index contributed by atoms with van der Waals surface area (Å²) in [4.78, 5) is 27.8. The van der Waals surface area contributed by atoms with Crippen molar-refractivity contribution in [2.24, 2.45) is 5.73 Å². The van der Waals surface area contributed by atoms with Crippen LogP contribution < -0.4 is 11.1 Å². The lowest BCUT2D eigenvalue weighted by Crippen LogP contribution is -2.57. The molecule has 0 aromatic carbocycles. The highest BCUT2D eigenvalue weighted by molar-refractivity contribution is 6.03. The second-order valence-electron chi connectivity index (χ2n) is 4.98. The van der Waals surface area contributed by atoms with Gasteiger partial charge in [-0.15, -0.1) is 0 Å². The van der Waals surface area contributed by atoms with Crippen LogP contribution in [-0.4, -0.2) is 67.4 Å². The number of nitrogens with zero attached hydrogens (tertiary/aromatic N) is 2. The van der Waals surface area contributed by atoms with Crippen LogP contribution in [0.2, 0.25) is 0 Å². The molecular formula is C13H20N4O3. The largest absolute Gasteiger partial charge is 0.459 e. The van der Waals surface area contributed by atoms with E-state index in [0.29, 0.717) is 6.54 Å². The molecule has 1 aliphatic rings. The van der Waals surface area contributed by atoms with E-state index in [9.17, 15) is 9.59 Å². The van der Waals surface area contributed by atoms with Crippen molar-refractivity contribution in [1.82, 2.24) is 15.1 Å². The van der Waals surface area contributed by atoms with Crippen molar-refractivity contribution >= 4 is 11.8 Å². The molecule has 0 spiro atoms. The van der Waals surface area contributed by atoms with Crippen LogP contribution in [0.15, 0.2) is 22.8 Å². The monoisotopic (exact) mass is 280 g/mol. The molecule has 1 aromatic heterocycles. The van der Waals surface area contributed by atoms with Crippen LogP contribution >= 0.6 is 0 Å². The summed E-state index contributed by atoms with van der Waals surface area (Å²) in [7, 11) is 2.03. The number of furan rings is 1. The quantitative estimate of drug-likeness (QED) is 0.743. The molecule has 20 heavy (non-hydrogen) atoms. The van der Waals surface area contributed by atoms with Gasteiger partial charge in [0.15, 0.2) is 5.76 Å². The van der Waals surface area contributed by atoms with E-state index in [-0.39, 0.29) is 24.3 Å². The third-order valence-electron chi connectivity index (χ3n) is 3.42. The summed E-state index contributed by atoms with van der Waals surface area (Å²) < 4.78 is 4.94. The van der Waals surface area contributed by atoms with Gasteiger partial charge in [0, 0.05) is 32.2 Å². The van der Waals surface area contributed by atoms with Crippen molar-refractivity contribution in [3.63, 3.8) is 0 Å². The van der Waals surface area contributed by atoms with Gasteiger partial charge >= 0.3 is 0 Å². The van der Waals surface area contributed by atoms with Crippen molar-refractivity contribution in [1.29, 1.82) is 0 Å². The Labute approximate surface area is 117 Å². The Morgan fingerprint density at radius 1 is 1.50 bits per heavy atom. The fraction of sp³-hybridized carbons (Fsp3) is 0.538. The molecule has 0 saturated carbocycles. The molecule has 2 amide bonds. The number of nitrogens with two attached hydrogens (primary N) is 1. The van der Waals surface area contributed by atoms with E-state index in [0.717, 1.165) is 19.6 Å². The minimum Gasteiger partial charge on any atom is -0.459 e. The first-order chi connectivity index (χ1) is 9.60. The number of rotatable bonds is 4. The summed E-state index contributed by atoms with van der Waals surface area (Å²) >= 11 is 0. The second-order valence-corrected chi connectivity index (χ2v) is 4.98. The number of amides is 2. The van der Waals surface area contributed by atoms with Gasteiger partial charge in [-0.1, -0.05) is 0 Å². The number of nitrogens with one attached hydrogen (secondary N) is 1. The predicted molar refractivity (Wildman–Crippen MR) is 73.1 cm³/mol. The van der Waals surface area contributed by atoms with E-state index in [1.54, 1.807) is 6.07 Å². The van der Waals surface area contributed by atoms with Gasteiger partial charge in [-0.05, 0) is 19.2 Å². The SMILES string of the molecule is CN1CCN(CC(=O)NC(=O)c2ccco2)C(CN)C1. The van der Waals surface area contributed by atoms with Crippen LogP contribution in [0.4, 0.5) is 0 Å². The molecule has 0 bridgehead atoms. The van der Waals surface area contributed by atoms with Crippen LogP contribution in [0, 0.1) is 0 Å². The Morgan fingerprint density at radius 3 is 2.95 bits per heavy atom. The fourth-order valence-corrected chi connectivity index (χ4v) is 2.30. The fourth-order valence-electron chi connectivity index (χ4n) is 2.30. The van der Waals surface area contributed by atoms with Gasteiger partial charge in [0.1, 0.15) is 0 Å². The number of imide groups is 1. The molecule has 2 rings (SSSR count). The summed E-state index contributed by atoms with van der Waals surface area (Å²) in [5.41, 5.74) is 5.73. The highest BCUT2D eigenvalue weighted by atomic mass is 16.3. The van der Waals surface area contributed by atoms with Gasteiger partial charge in [-0.25, -0.2) is 0 Å². The average Bonchev–Trinajstić information content (AvgIpc) is 2.94. The molecule has 2 heterocycles. The average molecular weight is 280 g/mol. The highest BCUT2D eigenvalue weighted by Crippen LogP contribution is 2.07. The Hall–Kier alpha value is -1.70. The third kappa shape index (κ3) is 3.66. The molecule has 0 radical (unpaired) electrons. The molecule has 1 unspecified atom stereocenters. The van der Waals surface area contributed by atoms with Gasteiger partial charge in [-0.3, -0.25) is 19.8 Å². The Bertz CT molecular complexity index is 460. The Morgan fingerprint density at radius 2 is 2.30 bits per heavy atom. The van der Waals surface area contributed by atoms with Crippen LogP contribution in [0.1, 0.15) is 10.6 Å². The maximum atomic E-state index is 11.9. The van der Waals surface area contributed by atoms with E-state index in [1.165, 1.54) is 12.3 Å². The van der Waals surface area contributed by atoms with Gasteiger partial charge in [0.05, 0.1) is 12.8 Å². The Kier molecular flexibility index (Phi) is 4.89. The standard InChI is InChI=1S/C13H20N4O3/c1-16-4-5-17(10(7-14)8-16)9-12(18)15-13(19)11-3-2-6-20-11/h2-3,6,10H,4-5,7-9,14H2,1H3,(H,15,18,19). The lowest BCUT2D eigenvalue weighted by Gasteiger charge is -2.38. The third-order valence-corrected chi connectivity index (χ3v) is 3.42. The molecular weight excluding hydrogens is 260 g/mol. The van der Waals surface area contributed by atoms with E-state index < -0.39 is 5.91 Å². The Balaban J connectivity index is 1.86. The summed E-state index contributed by atoms with van der Waals surface area (Å²) in [5.74, 6) is -0.722. The maximum absolute atomic E-state index is 11.9. The first kappa shape index (κ1) is 14.7. The molecule has 7 heteroatoms. The normalized spacial score (nSPS) is 20.8. The molecule has 1 fully saturated rings. The van der Waals surface area contributed by atoms with Crippen molar-refractivity contribution in [2.75, 3.05) is 39.8 Å². The zero-order chi connectivity index (χ0) is 14.5. The minimum absolute atomic E-state index is 0.132. The maximum Gasteiger partial charge on any atom is 0.293 e. The predicted octanol–water partition coefficient (Wildman–Crippen LogP) is -0.889. The van der Waals surface area contributed by atoms with Crippen molar-refractivity contribution in [3.8, 4) is 0 Å². The summed E-state index contributed by atoms with van der Waals surface area (Å²) in [6, 6.07) is 3.25. The van der Waals surface area contributed by atoms with E-state index in [2.05, 4.69) is 10.2 Å². The number of carbonyl (C=O) groups is 2. The smallest absolute Gasteiger partial charge is 0.293 e. The van der Waals surface area contributed by atoms with Crippen molar-refractivity contribution < 1.29 is 14.0 Å². The van der Waals surface area contributed by atoms with E-state index in [1.807, 2.05) is 11.9 Å². The number of likely N-dealkylation sites (N-methyl/N-ethyl adjacent to an activating group) is 1. The summed E-state index contributed by atoms with van der Waals surface area (Å²) in [6.07, 6.45) is 1.39. The number of hydrogen-bond donors (Lipinski definition) is 2. The molecule has 1 atom stereocenters. The van der Waals surface area contributed by atoms with Crippen LogP contribution in [0.25, 0.3) is 0 Å². The van der Waals surface area contributed by atoms with Gasteiger partial charge in [-0.2, -0.15) is 0 Å². The molecule has 110 valence electrons. The zero-order valence-corrected chi connectivity index (χ0v) is 11.5. The number of carbonyl (C=O) groups excluding carboxylic acids is 2. The van der Waals surface area contributed by atoms with E-state index in [4.69, 9.17) is 10.2 Å². The van der Waals surface area contributed by atoms with Crippen LogP contribution in [0.5, 0.6) is 0 Å².